The Balaban J connectivity index is 1.73. The molecule has 17 heavy (non-hydrogen) atoms. The number of carbonyl (C=O) groups excluding carboxylic acids is 1. The normalized spacial score (nSPS) is 23.2. The van der Waals surface area contributed by atoms with E-state index in [0.717, 1.165) is 30.9 Å². The van der Waals surface area contributed by atoms with E-state index in [1.807, 2.05) is 0 Å². The Hall–Kier alpha value is -1.05. The molecule has 92 valence electrons. The topological polar surface area (TPSA) is 64.6 Å². The third-order valence-electron chi connectivity index (χ3n) is 3.09. The fourth-order valence-electron chi connectivity index (χ4n) is 2.31. The molecule has 0 unspecified atom stereocenters. The van der Waals surface area contributed by atoms with E-state index in [2.05, 4.69) is 9.59 Å². The number of piperidine rings is 1. The zero-order chi connectivity index (χ0) is 11.7. The summed E-state index contributed by atoms with van der Waals surface area (Å²) in [6.07, 6.45) is 3.26. The number of aromatic nitrogens is 2. The van der Waals surface area contributed by atoms with E-state index in [1.54, 1.807) is 4.90 Å². The highest BCUT2D eigenvalue weighted by atomic mass is 32.1. The molecule has 2 aliphatic heterocycles. The number of likely N-dealkylation sites (tertiary alicyclic amines) is 1. The lowest BCUT2D eigenvalue weighted by atomic mass is 10.0. The Labute approximate surface area is 103 Å². The van der Waals surface area contributed by atoms with Crippen LogP contribution in [0.15, 0.2) is 6.20 Å². The molecule has 3 rings (SSSR count). The van der Waals surface area contributed by atoms with Gasteiger partial charge in [-0.3, -0.25) is 4.79 Å². The van der Waals surface area contributed by atoms with Crippen molar-refractivity contribution in [2.45, 2.75) is 18.6 Å². The van der Waals surface area contributed by atoms with Crippen molar-refractivity contribution in [1.82, 2.24) is 14.5 Å². The van der Waals surface area contributed by atoms with Gasteiger partial charge in [0.1, 0.15) is 4.88 Å². The van der Waals surface area contributed by atoms with Gasteiger partial charge in [0, 0.05) is 13.0 Å². The van der Waals surface area contributed by atoms with Crippen molar-refractivity contribution < 1.29 is 14.3 Å². The van der Waals surface area contributed by atoms with Gasteiger partial charge >= 0.3 is 0 Å². The monoisotopic (exact) mass is 255 g/mol. The first-order valence-corrected chi connectivity index (χ1v) is 6.41. The first-order chi connectivity index (χ1) is 8.29. The molecule has 7 heteroatoms. The summed E-state index contributed by atoms with van der Waals surface area (Å²) >= 11 is 1.12. The molecule has 3 heterocycles. The molecule has 0 aliphatic carbocycles. The Kier molecular flexibility index (Phi) is 2.81. The Morgan fingerprint density at radius 1 is 1.47 bits per heavy atom. The van der Waals surface area contributed by atoms with Crippen LogP contribution in [-0.2, 0) is 9.47 Å². The van der Waals surface area contributed by atoms with Gasteiger partial charge in [-0.1, -0.05) is 4.49 Å². The Morgan fingerprint density at radius 3 is 3.00 bits per heavy atom. The van der Waals surface area contributed by atoms with Crippen LogP contribution < -0.4 is 0 Å². The van der Waals surface area contributed by atoms with Crippen LogP contribution in [0.2, 0.25) is 0 Å². The maximum Gasteiger partial charge on any atom is 0.267 e. The van der Waals surface area contributed by atoms with Crippen LogP contribution in [0.3, 0.4) is 0 Å². The Bertz CT molecular complexity index is 403. The summed E-state index contributed by atoms with van der Waals surface area (Å²) in [7, 11) is 0. The van der Waals surface area contributed by atoms with Crippen molar-refractivity contribution in [3.63, 3.8) is 0 Å². The van der Waals surface area contributed by atoms with E-state index in [9.17, 15) is 4.79 Å². The lowest BCUT2D eigenvalue weighted by Crippen LogP contribution is -2.50. The lowest BCUT2D eigenvalue weighted by molar-refractivity contribution is -0.183. The van der Waals surface area contributed by atoms with E-state index >= 15 is 0 Å². The van der Waals surface area contributed by atoms with Crippen LogP contribution in [0.5, 0.6) is 0 Å². The average Bonchev–Trinajstić information content (AvgIpc) is 3.00. The molecule has 6 nitrogen and oxygen atoms in total. The van der Waals surface area contributed by atoms with E-state index in [4.69, 9.17) is 9.47 Å². The van der Waals surface area contributed by atoms with Crippen molar-refractivity contribution in [3.05, 3.63) is 11.1 Å². The van der Waals surface area contributed by atoms with Crippen LogP contribution in [0.25, 0.3) is 0 Å². The number of nitrogens with zero attached hydrogens (tertiary/aromatic N) is 3. The summed E-state index contributed by atoms with van der Waals surface area (Å²) in [5, 5.41) is 3.69. The van der Waals surface area contributed by atoms with E-state index in [0.29, 0.717) is 24.6 Å². The summed E-state index contributed by atoms with van der Waals surface area (Å²) in [6, 6.07) is 0. The molecular weight excluding hydrogens is 242 g/mol. The highest BCUT2D eigenvalue weighted by Gasteiger charge is 2.42. The minimum atomic E-state index is -0.563. The number of hydrogen-bond acceptors (Lipinski definition) is 6. The number of rotatable bonds is 1. The zero-order valence-electron chi connectivity index (χ0n) is 9.29. The van der Waals surface area contributed by atoms with Gasteiger partial charge in [0.25, 0.3) is 5.91 Å². The molecule has 0 atom stereocenters. The first kappa shape index (κ1) is 11.1. The van der Waals surface area contributed by atoms with E-state index in [1.165, 1.54) is 6.20 Å². The molecule has 2 aliphatic rings. The van der Waals surface area contributed by atoms with Crippen molar-refractivity contribution in [3.8, 4) is 0 Å². The number of hydrogen-bond donors (Lipinski definition) is 0. The van der Waals surface area contributed by atoms with Gasteiger partial charge in [0.15, 0.2) is 5.79 Å². The van der Waals surface area contributed by atoms with Crippen LogP contribution in [0, 0.1) is 0 Å². The molecule has 0 saturated carbocycles. The second-order valence-corrected chi connectivity index (χ2v) is 5.01. The molecule has 2 saturated heterocycles. The van der Waals surface area contributed by atoms with Gasteiger partial charge in [0.05, 0.1) is 26.0 Å². The molecule has 0 bridgehead atoms. The molecule has 1 aromatic rings. The highest BCUT2D eigenvalue weighted by Crippen LogP contribution is 2.30. The molecule has 2 fully saturated rings. The van der Waals surface area contributed by atoms with E-state index < -0.39 is 5.79 Å². The van der Waals surface area contributed by atoms with Gasteiger partial charge in [-0.15, -0.1) is 5.10 Å². The lowest BCUT2D eigenvalue weighted by Gasteiger charge is -2.38. The molecule has 1 amide bonds. The fraction of sp³-hybridized carbons (Fsp3) is 0.700. The van der Waals surface area contributed by atoms with Crippen LogP contribution in [0.1, 0.15) is 22.5 Å². The van der Waals surface area contributed by atoms with Crippen molar-refractivity contribution in [2.24, 2.45) is 0 Å². The third-order valence-corrected chi connectivity index (χ3v) is 3.74. The zero-order valence-corrected chi connectivity index (χ0v) is 10.1. The summed E-state index contributed by atoms with van der Waals surface area (Å²) in [5.74, 6) is -0.593. The molecule has 1 aromatic heterocycles. The first-order valence-electron chi connectivity index (χ1n) is 5.64. The van der Waals surface area contributed by atoms with Crippen LogP contribution in [-0.4, -0.2) is 52.5 Å². The fourth-order valence-corrected chi connectivity index (χ4v) is 2.80. The van der Waals surface area contributed by atoms with Crippen molar-refractivity contribution in [1.29, 1.82) is 0 Å². The maximum absolute atomic E-state index is 12.1. The highest BCUT2D eigenvalue weighted by molar-refractivity contribution is 7.07. The molecule has 0 aromatic carbocycles. The summed E-state index contributed by atoms with van der Waals surface area (Å²) in [6.45, 7) is 2.48. The predicted molar refractivity (Wildman–Crippen MR) is 59.7 cm³/mol. The Morgan fingerprint density at radius 2 is 2.29 bits per heavy atom. The van der Waals surface area contributed by atoms with Crippen molar-refractivity contribution >= 4 is 17.4 Å². The van der Waals surface area contributed by atoms with Crippen LogP contribution >= 0.6 is 11.5 Å². The largest absolute Gasteiger partial charge is 0.346 e. The van der Waals surface area contributed by atoms with Gasteiger partial charge in [0.2, 0.25) is 0 Å². The summed E-state index contributed by atoms with van der Waals surface area (Å²) < 4.78 is 15.0. The molecule has 0 radical (unpaired) electrons. The standard InChI is InChI=1S/C10H13N3O3S/c14-9(8-6-11-12-17-8)13-3-1-2-10(7-13)15-4-5-16-10/h6H,1-5,7H2. The average molecular weight is 255 g/mol. The molecule has 1 spiro atoms. The van der Waals surface area contributed by atoms with Crippen molar-refractivity contribution in [2.75, 3.05) is 26.3 Å². The van der Waals surface area contributed by atoms with Crippen LogP contribution in [0.4, 0.5) is 0 Å². The summed E-state index contributed by atoms with van der Waals surface area (Å²) in [4.78, 5) is 14.5. The SMILES string of the molecule is O=C(c1cnns1)N1CCCC2(C1)OCCO2. The minimum Gasteiger partial charge on any atom is -0.346 e. The van der Waals surface area contributed by atoms with Gasteiger partial charge in [-0.05, 0) is 18.0 Å². The smallest absolute Gasteiger partial charge is 0.267 e. The molecular formula is C10H13N3O3S. The minimum absolute atomic E-state index is 0.0295. The maximum atomic E-state index is 12.1. The number of amides is 1. The number of carbonyl (C=O) groups is 1. The van der Waals surface area contributed by atoms with Gasteiger partial charge in [-0.25, -0.2) is 0 Å². The van der Waals surface area contributed by atoms with Gasteiger partial charge < -0.3 is 14.4 Å². The van der Waals surface area contributed by atoms with Gasteiger partial charge in [-0.2, -0.15) is 0 Å². The third kappa shape index (κ3) is 2.05. The molecule has 0 N–H and O–H groups in total. The quantitative estimate of drug-likeness (QED) is 0.732. The predicted octanol–water partition coefficient (Wildman–Crippen LogP) is 0.517. The summed E-state index contributed by atoms with van der Waals surface area (Å²) in [5.41, 5.74) is 0. The second kappa shape index (κ2) is 4.32. The van der Waals surface area contributed by atoms with E-state index in [-0.39, 0.29) is 5.91 Å². The number of ether oxygens (including phenoxy) is 2. The second-order valence-electron chi connectivity index (χ2n) is 4.22.